The summed E-state index contributed by atoms with van der Waals surface area (Å²) < 4.78 is 19.4. The summed E-state index contributed by atoms with van der Waals surface area (Å²) in [6.07, 6.45) is 0. The molecule has 2 nitrogen and oxygen atoms in total. The summed E-state index contributed by atoms with van der Waals surface area (Å²) in [4.78, 5) is 0. The standard InChI is InChI=1S/C14H12BrClFNO/c1-8(18)11-4-3-10(7-12(11)15)19-14-5-2-9(17)6-13(14)16/h2-8H,18H2,1H3/t8-/m0/s1. The first-order chi connectivity index (χ1) is 8.97. The van der Waals surface area contributed by atoms with Crippen molar-refractivity contribution >= 4 is 27.5 Å². The number of benzene rings is 2. The summed E-state index contributed by atoms with van der Waals surface area (Å²) in [6.45, 7) is 1.90. The van der Waals surface area contributed by atoms with Crippen molar-refractivity contribution in [2.45, 2.75) is 13.0 Å². The van der Waals surface area contributed by atoms with Crippen LogP contribution >= 0.6 is 27.5 Å². The van der Waals surface area contributed by atoms with Gasteiger partial charge in [-0.05, 0) is 42.8 Å². The molecular weight excluding hydrogens is 333 g/mol. The molecule has 0 fully saturated rings. The van der Waals surface area contributed by atoms with Crippen LogP contribution in [0.4, 0.5) is 4.39 Å². The molecule has 0 aliphatic rings. The summed E-state index contributed by atoms with van der Waals surface area (Å²) in [7, 11) is 0. The highest BCUT2D eigenvalue weighted by Crippen LogP contribution is 2.33. The van der Waals surface area contributed by atoms with Gasteiger partial charge in [-0.25, -0.2) is 4.39 Å². The number of hydrogen-bond donors (Lipinski definition) is 1. The molecular formula is C14H12BrClFNO. The topological polar surface area (TPSA) is 35.2 Å². The summed E-state index contributed by atoms with van der Waals surface area (Å²) in [6, 6.07) is 9.40. The molecule has 0 heterocycles. The van der Waals surface area contributed by atoms with E-state index < -0.39 is 5.82 Å². The highest BCUT2D eigenvalue weighted by molar-refractivity contribution is 9.10. The summed E-state index contributed by atoms with van der Waals surface area (Å²) >= 11 is 9.34. The van der Waals surface area contributed by atoms with Crippen LogP contribution in [0.1, 0.15) is 18.5 Å². The van der Waals surface area contributed by atoms with Gasteiger partial charge in [0.15, 0.2) is 0 Å². The molecule has 19 heavy (non-hydrogen) atoms. The van der Waals surface area contributed by atoms with Crippen LogP contribution in [-0.4, -0.2) is 0 Å². The monoisotopic (exact) mass is 343 g/mol. The van der Waals surface area contributed by atoms with Crippen molar-refractivity contribution in [2.75, 3.05) is 0 Å². The van der Waals surface area contributed by atoms with Gasteiger partial charge in [-0.15, -0.1) is 0 Å². The fourth-order valence-electron chi connectivity index (χ4n) is 1.63. The minimum absolute atomic E-state index is 0.0714. The van der Waals surface area contributed by atoms with E-state index in [1.807, 2.05) is 13.0 Å². The predicted molar refractivity (Wildman–Crippen MR) is 78.2 cm³/mol. The van der Waals surface area contributed by atoms with Crippen molar-refractivity contribution in [3.05, 3.63) is 57.3 Å². The number of hydrogen-bond acceptors (Lipinski definition) is 2. The molecule has 5 heteroatoms. The number of rotatable bonds is 3. The minimum atomic E-state index is -0.397. The second kappa shape index (κ2) is 5.90. The molecule has 2 aromatic rings. The van der Waals surface area contributed by atoms with Gasteiger partial charge in [0.2, 0.25) is 0 Å². The maximum absolute atomic E-state index is 12.9. The molecule has 0 aromatic heterocycles. The lowest BCUT2D eigenvalue weighted by Crippen LogP contribution is -2.05. The number of halogens is 3. The zero-order chi connectivity index (χ0) is 14.0. The van der Waals surface area contributed by atoms with Gasteiger partial charge in [-0.2, -0.15) is 0 Å². The van der Waals surface area contributed by atoms with Gasteiger partial charge in [0.25, 0.3) is 0 Å². The number of nitrogens with two attached hydrogens (primary N) is 1. The van der Waals surface area contributed by atoms with Gasteiger partial charge in [0.1, 0.15) is 17.3 Å². The summed E-state index contributed by atoms with van der Waals surface area (Å²) in [5.74, 6) is 0.610. The van der Waals surface area contributed by atoms with Crippen LogP contribution in [0, 0.1) is 5.82 Å². The Morgan fingerprint density at radius 3 is 2.58 bits per heavy atom. The van der Waals surface area contributed by atoms with Gasteiger partial charge < -0.3 is 10.5 Å². The normalized spacial score (nSPS) is 12.3. The van der Waals surface area contributed by atoms with Crippen LogP contribution in [0.2, 0.25) is 5.02 Å². The first-order valence-corrected chi connectivity index (χ1v) is 6.82. The molecule has 0 radical (unpaired) electrons. The van der Waals surface area contributed by atoms with Crippen LogP contribution < -0.4 is 10.5 Å². The van der Waals surface area contributed by atoms with Crippen molar-refractivity contribution in [1.29, 1.82) is 0 Å². The molecule has 0 amide bonds. The molecule has 100 valence electrons. The van der Waals surface area contributed by atoms with E-state index in [0.29, 0.717) is 11.5 Å². The van der Waals surface area contributed by atoms with Crippen LogP contribution in [0.5, 0.6) is 11.5 Å². The molecule has 2 aromatic carbocycles. The first-order valence-electron chi connectivity index (χ1n) is 5.65. The highest BCUT2D eigenvalue weighted by atomic mass is 79.9. The lowest BCUT2D eigenvalue weighted by Gasteiger charge is -2.12. The maximum Gasteiger partial charge on any atom is 0.146 e. The Bertz CT molecular complexity index is 604. The van der Waals surface area contributed by atoms with Crippen molar-refractivity contribution < 1.29 is 9.13 Å². The van der Waals surface area contributed by atoms with Crippen LogP contribution in [-0.2, 0) is 0 Å². The van der Waals surface area contributed by atoms with Crippen molar-refractivity contribution in [2.24, 2.45) is 5.73 Å². The van der Waals surface area contributed by atoms with Gasteiger partial charge in [0.05, 0.1) is 5.02 Å². The molecule has 2 rings (SSSR count). The second-order valence-corrected chi connectivity index (χ2v) is 5.41. The molecule has 0 aliphatic carbocycles. The summed E-state index contributed by atoms with van der Waals surface area (Å²) in [5.41, 5.74) is 6.81. The zero-order valence-electron chi connectivity index (χ0n) is 10.2. The van der Waals surface area contributed by atoms with Crippen LogP contribution in [0.3, 0.4) is 0 Å². The Hall–Kier alpha value is -1.10. The fraction of sp³-hybridized carbons (Fsp3) is 0.143. The minimum Gasteiger partial charge on any atom is -0.456 e. The molecule has 1 atom stereocenters. The Morgan fingerprint density at radius 2 is 2.00 bits per heavy atom. The largest absolute Gasteiger partial charge is 0.456 e. The van der Waals surface area contributed by atoms with E-state index in [1.165, 1.54) is 18.2 Å². The van der Waals surface area contributed by atoms with E-state index in [4.69, 9.17) is 22.1 Å². The third kappa shape index (κ3) is 3.47. The van der Waals surface area contributed by atoms with Crippen LogP contribution in [0.15, 0.2) is 40.9 Å². The summed E-state index contributed by atoms with van der Waals surface area (Å²) in [5, 5.41) is 0.229. The Morgan fingerprint density at radius 1 is 1.26 bits per heavy atom. The molecule has 0 spiro atoms. The van der Waals surface area contributed by atoms with E-state index in [1.54, 1.807) is 12.1 Å². The Kier molecular flexibility index (Phi) is 4.45. The predicted octanol–water partition coefficient (Wildman–Crippen LogP) is 5.05. The van der Waals surface area contributed by atoms with E-state index in [-0.39, 0.29) is 11.1 Å². The van der Waals surface area contributed by atoms with Crippen molar-refractivity contribution in [3.63, 3.8) is 0 Å². The third-order valence-corrected chi connectivity index (χ3v) is 3.57. The third-order valence-electron chi connectivity index (χ3n) is 2.58. The van der Waals surface area contributed by atoms with Crippen molar-refractivity contribution in [1.82, 2.24) is 0 Å². The van der Waals surface area contributed by atoms with Gasteiger partial charge in [0, 0.05) is 10.5 Å². The van der Waals surface area contributed by atoms with Crippen molar-refractivity contribution in [3.8, 4) is 11.5 Å². The smallest absolute Gasteiger partial charge is 0.146 e. The highest BCUT2D eigenvalue weighted by Gasteiger charge is 2.08. The molecule has 0 unspecified atom stereocenters. The SMILES string of the molecule is C[C@H](N)c1ccc(Oc2ccc(F)cc2Cl)cc1Br. The second-order valence-electron chi connectivity index (χ2n) is 4.15. The molecule has 0 bridgehead atoms. The van der Waals surface area contributed by atoms with E-state index in [2.05, 4.69) is 15.9 Å². The van der Waals surface area contributed by atoms with Gasteiger partial charge in [-0.3, -0.25) is 0 Å². The average molecular weight is 345 g/mol. The lowest BCUT2D eigenvalue weighted by molar-refractivity contribution is 0.480. The maximum atomic E-state index is 12.9. The Labute approximate surface area is 124 Å². The molecule has 0 saturated heterocycles. The van der Waals surface area contributed by atoms with E-state index in [9.17, 15) is 4.39 Å². The molecule has 0 saturated carbocycles. The van der Waals surface area contributed by atoms with Gasteiger partial charge >= 0.3 is 0 Å². The Balaban J connectivity index is 2.26. The molecule has 0 aliphatic heterocycles. The van der Waals surface area contributed by atoms with E-state index in [0.717, 1.165) is 10.0 Å². The van der Waals surface area contributed by atoms with E-state index >= 15 is 0 Å². The number of ether oxygens (including phenoxy) is 1. The molecule has 2 N–H and O–H groups in total. The average Bonchev–Trinajstić information content (AvgIpc) is 2.32. The lowest BCUT2D eigenvalue weighted by atomic mass is 10.1. The fourth-order valence-corrected chi connectivity index (χ4v) is 2.55. The van der Waals surface area contributed by atoms with Gasteiger partial charge in [-0.1, -0.05) is 33.6 Å². The quantitative estimate of drug-likeness (QED) is 0.845. The first kappa shape index (κ1) is 14.3. The van der Waals surface area contributed by atoms with Crippen LogP contribution in [0.25, 0.3) is 0 Å². The zero-order valence-corrected chi connectivity index (χ0v) is 12.5.